The first-order chi connectivity index (χ1) is 20.8. The minimum atomic E-state index is -0.821. The highest BCUT2D eigenvalue weighted by Gasteiger charge is 2.52. The Balaban J connectivity index is 1.22. The van der Waals surface area contributed by atoms with Gasteiger partial charge < -0.3 is 24.3 Å². The Kier molecular flexibility index (Phi) is 8.43. The van der Waals surface area contributed by atoms with Crippen LogP contribution in [0.1, 0.15) is 61.3 Å². The standard InChI is InChI=1S/C36H40ClNO5/c1-24(22-42-23-25-7-9-31(40-2)10-8-25)17-28-19-27-18-26-11-16-43-33(26)21-32(27)35(28)12-14-36(15-13-35,34(39)41-3)38-30-6-4-5-29(37)20-30/h4-10,18-21,24,38H,11-17,22-23H2,1-3H3/t24-,35?,36?/m1/s1. The molecule has 1 atom stereocenters. The fraction of sp³-hybridized carbons (Fsp3) is 0.417. The molecule has 3 aromatic rings. The summed E-state index contributed by atoms with van der Waals surface area (Å²) in [6, 6.07) is 20.2. The number of hydrogen-bond acceptors (Lipinski definition) is 6. The van der Waals surface area contributed by atoms with Crippen molar-refractivity contribution < 1.29 is 23.7 Å². The molecule has 0 bridgehead atoms. The number of carbonyl (C=O) groups is 1. The Morgan fingerprint density at radius 3 is 2.56 bits per heavy atom. The van der Waals surface area contributed by atoms with Gasteiger partial charge in [0.05, 0.1) is 27.4 Å². The maximum absolute atomic E-state index is 13.3. The molecule has 6 rings (SSSR count). The lowest BCUT2D eigenvalue weighted by Gasteiger charge is -2.46. The van der Waals surface area contributed by atoms with Gasteiger partial charge in [-0.15, -0.1) is 0 Å². The van der Waals surface area contributed by atoms with Crippen LogP contribution in [-0.2, 0) is 32.7 Å². The summed E-state index contributed by atoms with van der Waals surface area (Å²) in [5.41, 5.74) is 6.30. The number of methoxy groups -OCH3 is 2. The van der Waals surface area contributed by atoms with Crippen molar-refractivity contribution in [1.82, 2.24) is 0 Å². The van der Waals surface area contributed by atoms with Crippen molar-refractivity contribution in [1.29, 1.82) is 0 Å². The molecule has 0 amide bonds. The SMILES string of the molecule is COC(=O)C1(Nc2cccc(Cl)c2)CCC2(CC1)C(C[C@@H](C)COCc1ccc(OC)cc1)=Cc1cc3c(cc12)OCC3. The highest BCUT2D eigenvalue weighted by Crippen LogP contribution is 2.56. The maximum atomic E-state index is 13.3. The number of hydrogen-bond donors (Lipinski definition) is 1. The predicted molar refractivity (Wildman–Crippen MR) is 170 cm³/mol. The molecule has 0 radical (unpaired) electrons. The van der Waals surface area contributed by atoms with Gasteiger partial charge in [0, 0.05) is 29.2 Å². The Morgan fingerprint density at radius 1 is 1.05 bits per heavy atom. The Labute approximate surface area is 259 Å². The van der Waals surface area contributed by atoms with E-state index in [9.17, 15) is 4.79 Å². The number of esters is 1. The van der Waals surface area contributed by atoms with E-state index in [0.29, 0.717) is 37.0 Å². The van der Waals surface area contributed by atoms with Crippen LogP contribution in [-0.4, -0.2) is 38.9 Å². The fourth-order valence-corrected chi connectivity index (χ4v) is 7.37. The van der Waals surface area contributed by atoms with Crippen LogP contribution in [0.2, 0.25) is 5.02 Å². The lowest BCUT2D eigenvalue weighted by molar-refractivity contribution is -0.147. The summed E-state index contributed by atoms with van der Waals surface area (Å²) >= 11 is 6.28. The summed E-state index contributed by atoms with van der Waals surface area (Å²) in [6.45, 7) is 4.23. The Bertz CT molecular complexity index is 1510. The van der Waals surface area contributed by atoms with Crippen LogP contribution in [0.4, 0.5) is 5.69 Å². The van der Waals surface area contributed by atoms with E-state index in [1.54, 1.807) is 7.11 Å². The van der Waals surface area contributed by atoms with Gasteiger partial charge in [0.1, 0.15) is 17.0 Å². The molecule has 226 valence electrons. The predicted octanol–water partition coefficient (Wildman–Crippen LogP) is 7.76. The molecule has 1 heterocycles. The first-order valence-corrected chi connectivity index (χ1v) is 15.6. The number of carbonyl (C=O) groups excluding carboxylic acids is 1. The summed E-state index contributed by atoms with van der Waals surface area (Å²) < 4.78 is 22.8. The number of ether oxygens (including phenoxy) is 4. The van der Waals surface area contributed by atoms with Gasteiger partial charge in [-0.1, -0.05) is 48.4 Å². The van der Waals surface area contributed by atoms with Crippen molar-refractivity contribution in [3.05, 3.63) is 93.5 Å². The molecule has 3 aliphatic rings. The molecule has 43 heavy (non-hydrogen) atoms. The normalized spacial score (nSPS) is 22.7. The summed E-state index contributed by atoms with van der Waals surface area (Å²) in [7, 11) is 3.15. The van der Waals surface area contributed by atoms with E-state index in [1.807, 2.05) is 48.5 Å². The zero-order valence-corrected chi connectivity index (χ0v) is 26.0. The molecule has 1 fully saturated rings. The molecule has 3 aromatic carbocycles. The van der Waals surface area contributed by atoms with E-state index in [-0.39, 0.29) is 11.4 Å². The van der Waals surface area contributed by atoms with E-state index in [0.717, 1.165) is 55.0 Å². The van der Waals surface area contributed by atoms with Crippen LogP contribution in [0.15, 0.2) is 66.2 Å². The second-order valence-corrected chi connectivity index (χ2v) is 12.7. The molecule has 1 saturated carbocycles. The smallest absolute Gasteiger partial charge is 0.331 e. The first kappa shape index (κ1) is 29.6. The number of halogens is 1. The highest BCUT2D eigenvalue weighted by atomic mass is 35.5. The average Bonchev–Trinajstić information content (AvgIpc) is 3.59. The number of rotatable bonds is 10. The summed E-state index contributed by atoms with van der Waals surface area (Å²) in [4.78, 5) is 13.3. The Morgan fingerprint density at radius 2 is 1.84 bits per heavy atom. The number of allylic oxidation sites excluding steroid dienone is 1. The second kappa shape index (κ2) is 12.3. The van der Waals surface area contributed by atoms with Crippen molar-refractivity contribution in [2.75, 3.05) is 32.8 Å². The third-order valence-corrected chi connectivity index (χ3v) is 9.70. The van der Waals surface area contributed by atoms with Gasteiger partial charge >= 0.3 is 5.97 Å². The third kappa shape index (κ3) is 5.87. The van der Waals surface area contributed by atoms with Crippen LogP contribution >= 0.6 is 11.6 Å². The molecular formula is C36H40ClNO5. The van der Waals surface area contributed by atoms with Gasteiger partial charge in [0.15, 0.2) is 0 Å². The van der Waals surface area contributed by atoms with Gasteiger partial charge in [0.2, 0.25) is 0 Å². The van der Waals surface area contributed by atoms with E-state index in [4.69, 9.17) is 30.5 Å². The van der Waals surface area contributed by atoms with Gasteiger partial charge in [-0.2, -0.15) is 0 Å². The molecule has 0 saturated heterocycles. The van der Waals surface area contributed by atoms with E-state index < -0.39 is 5.54 Å². The van der Waals surface area contributed by atoms with E-state index in [2.05, 4.69) is 30.4 Å². The van der Waals surface area contributed by atoms with Gasteiger partial charge in [-0.05, 0) is 103 Å². The number of anilines is 1. The summed E-state index contributed by atoms with van der Waals surface area (Å²) in [5.74, 6) is 1.95. The van der Waals surface area contributed by atoms with Crippen LogP contribution in [0.3, 0.4) is 0 Å². The molecule has 1 aliphatic heterocycles. The van der Waals surface area contributed by atoms with Crippen LogP contribution < -0.4 is 14.8 Å². The van der Waals surface area contributed by atoms with Crippen molar-refractivity contribution in [3.8, 4) is 11.5 Å². The molecule has 1 spiro atoms. The van der Waals surface area contributed by atoms with Crippen LogP contribution in [0, 0.1) is 5.92 Å². The molecule has 0 aromatic heterocycles. The number of fused-ring (bicyclic) bond motifs is 3. The monoisotopic (exact) mass is 601 g/mol. The van der Waals surface area contributed by atoms with Gasteiger partial charge in [0.25, 0.3) is 0 Å². The molecule has 1 N–H and O–H groups in total. The van der Waals surface area contributed by atoms with Crippen LogP contribution in [0.25, 0.3) is 6.08 Å². The largest absolute Gasteiger partial charge is 0.497 e. The highest BCUT2D eigenvalue weighted by molar-refractivity contribution is 6.30. The minimum Gasteiger partial charge on any atom is -0.497 e. The zero-order valence-electron chi connectivity index (χ0n) is 25.2. The fourth-order valence-electron chi connectivity index (χ4n) is 7.18. The first-order valence-electron chi connectivity index (χ1n) is 15.2. The summed E-state index contributed by atoms with van der Waals surface area (Å²) in [6.07, 6.45) is 7.22. The molecular weight excluding hydrogens is 562 g/mol. The molecule has 2 aliphatic carbocycles. The van der Waals surface area contributed by atoms with E-state index in [1.165, 1.54) is 29.4 Å². The lowest BCUT2D eigenvalue weighted by Crippen LogP contribution is -2.52. The Hall–Kier alpha value is -3.48. The number of nitrogens with one attached hydrogen (secondary N) is 1. The molecule has 7 heteroatoms. The molecule has 6 nitrogen and oxygen atoms in total. The molecule has 0 unspecified atom stereocenters. The average molecular weight is 602 g/mol. The quantitative estimate of drug-likeness (QED) is 0.240. The number of benzene rings is 3. The lowest BCUT2D eigenvalue weighted by atomic mass is 9.61. The zero-order chi connectivity index (χ0) is 30.0. The van der Waals surface area contributed by atoms with Gasteiger partial charge in [-0.3, -0.25) is 0 Å². The van der Waals surface area contributed by atoms with Gasteiger partial charge in [-0.25, -0.2) is 4.79 Å². The van der Waals surface area contributed by atoms with E-state index >= 15 is 0 Å². The minimum absolute atomic E-state index is 0.159. The van der Waals surface area contributed by atoms with Crippen LogP contribution in [0.5, 0.6) is 11.5 Å². The van der Waals surface area contributed by atoms with Crippen molar-refractivity contribution in [3.63, 3.8) is 0 Å². The van der Waals surface area contributed by atoms with Crippen molar-refractivity contribution >= 4 is 29.3 Å². The van der Waals surface area contributed by atoms with Crippen molar-refractivity contribution in [2.45, 2.75) is 63.0 Å². The summed E-state index contributed by atoms with van der Waals surface area (Å²) in [5, 5.41) is 4.16. The maximum Gasteiger partial charge on any atom is 0.331 e. The topological polar surface area (TPSA) is 66.0 Å². The second-order valence-electron chi connectivity index (χ2n) is 12.3. The third-order valence-electron chi connectivity index (χ3n) is 9.46. The van der Waals surface area contributed by atoms with Crippen molar-refractivity contribution in [2.24, 2.45) is 5.92 Å².